The number of para-hydroxylation sites is 1. The van der Waals surface area contributed by atoms with Gasteiger partial charge in [-0.2, -0.15) is 5.10 Å². The van der Waals surface area contributed by atoms with Crippen LogP contribution in [0, 0.1) is 5.41 Å². The van der Waals surface area contributed by atoms with Gasteiger partial charge in [0.1, 0.15) is 17.2 Å². The molecular formula is C24H26N4O2. The van der Waals surface area contributed by atoms with Crippen molar-refractivity contribution in [2.24, 2.45) is 11.1 Å². The first-order valence-corrected chi connectivity index (χ1v) is 10.5. The highest BCUT2D eigenvalue weighted by molar-refractivity contribution is 5.98. The maximum absolute atomic E-state index is 12.1. The highest BCUT2D eigenvalue weighted by atomic mass is 16.5. The summed E-state index contributed by atoms with van der Waals surface area (Å²) in [4.78, 5) is 12.1. The van der Waals surface area contributed by atoms with Gasteiger partial charge in [-0.05, 0) is 80.6 Å². The number of nitrogens with zero attached hydrogens (tertiary/aromatic N) is 2. The number of rotatable bonds is 5. The fourth-order valence-electron chi connectivity index (χ4n) is 4.77. The summed E-state index contributed by atoms with van der Waals surface area (Å²) in [5, 5.41) is 8.21. The Kier molecular flexibility index (Phi) is 4.79. The quantitative estimate of drug-likeness (QED) is 0.672. The van der Waals surface area contributed by atoms with Crippen molar-refractivity contribution < 1.29 is 9.53 Å². The van der Waals surface area contributed by atoms with Crippen molar-refractivity contribution in [3.05, 3.63) is 66.4 Å². The maximum atomic E-state index is 12.1. The molecule has 3 aromatic rings. The molecule has 1 aliphatic heterocycles. The van der Waals surface area contributed by atoms with E-state index >= 15 is 0 Å². The van der Waals surface area contributed by atoms with E-state index in [2.05, 4.69) is 5.32 Å². The molecule has 2 heterocycles. The molecule has 1 aliphatic carbocycles. The molecule has 6 nitrogen and oxygen atoms in total. The number of primary amides is 1. The zero-order chi connectivity index (χ0) is 20.6. The average Bonchev–Trinajstić information content (AvgIpc) is 3.19. The van der Waals surface area contributed by atoms with E-state index in [1.807, 2.05) is 65.5 Å². The number of hydrogen-bond acceptors (Lipinski definition) is 4. The summed E-state index contributed by atoms with van der Waals surface area (Å²) in [7, 11) is 0. The van der Waals surface area contributed by atoms with Crippen LogP contribution in [0.5, 0.6) is 11.5 Å². The van der Waals surface area contributed by atoms with Crippen LogP contribution >= 0.6 is 0 Å². The lowest BCUT2D eigenvalue weighted by molar-refractivity contribution is 0.0231. The summed E-state index contributed by atoms with van der Waals surface area (Å²) in [5.41, 5.74) is 8.09. The van der Waals surface area contributed by atoms with Gasteiger partial charge >= 0.3 is 0 Å². The van der Waals surface area contributed by atoms with Crippen LogP contribution in [-0.2, 0) is 0 Å². The smallest absolute Gasteiger partial charge is 0.252 e. The SMILES string of the molecule is NC(=O)c1cn(C2CC3(CCNCC3)C2)nc1-c1ccc(Oc2ccccc2)cc1. The number of hydrogen-bond donors (Lipinski definition) is 2. The molecule has 0 radical (unpaired) electrons. The van der Waals surface area contributed by atoms with Crippen molar-refractivity contribution in [3.8, 4) is 22.8 Å². The largest absolute Gasteiger partial charge is 0.457 e. The molecule has 2 aliphatic rings. The van der Waals surface area contributed by atoms with E-state index in [1.165, 1.54) is 12.8 Å². The molecule has 154 valence electrons. The minimum atomic E-state index is -0.447. The van der Waals surface area contributed by atoms with Crippen LogP contribution < -0.4 is 15.8 Å². The Morgan fingerprint density at radius 2 is 1.70 bits per heavy atom. The van der Waals surface area contributed by atoms with E-state index in [0.717, 1.165) is 43.0 Å². The molecule has 0 bridgehead atoms. The molecule has 30 heavy (non-hydrogen) atoms. The Hall–Kier alpha value is -3.12. The zero-order valence-electron chi connectivity index (χ0n) is 16.9. The number of aromatic nitrogens is 2. The van der Waals surface area contributed by atoms with Gasteiger partial charge in [-0.25, -0.2) is 0 Å². The van der Waals surface area contributed by atoms with Crippen molar-refractivity contribution in [3.63, 3.8) is 0 Å². The lowest BCUT2D eigenvalue weighted by Crippen LogP contribution is -2.46. The Bertz CT molecular complexity index is 1030. The van der Waals surface area contributed by atoms with Crippen molar-refractivity contribution in [2.45, 2.75) is 31.7 Å². The van der Waals surface area contributed by atoms with Crippen LogP contribution in [0.2, 0.25) is 0 Å². The second-order valence-corrected chi connectivity index (χ2v) is 8.49. The number of carbonyl (C=O) groups is 1. The molecule has 5 rings (SSSR count). The molecule has 1 amide bonds. The second-order valence-electron chi connectivity index (χ2n) is 8.49. The first kappa shape index (κ1) is 18.9. The molecule has 1 saturated heterocycles. The van der Waals surface area contributed by atoms with Crippen molar-refractivity contribution in [2.75, 3.05) is 13.1 Å². The molecule has 6 heteroatoms. The maximum Gasteiger partial charge on any atom is 0.252 e. The first-order valence-electron chi connectivity index (χ1n) is 10.5. The monoisotopic (exact) mass is 402 g/mol. The predicted octanol–water partition coefficient (Wildman–Crippen LogP) is 4.15. The van der Waals surface area contributed by atoms with Crippen LogP contribution in [0.15, 0.2) is 60.8 Å². The second kappa shape index (κ2) is 7.61. The molecule has 2 fully saturated rings. The topological polar surface area (TPSA) is 82.2 Å². The molecule has 1 aromatic heterocycles. The Morgan fingerprint density at radius 1 is 1.03 bits per heavy atom. The number of amides is 1. The summed E-state index contributed by atoms with van der Waals surface area (Å²) in [5.74, 6) is 1.07. The lowest BCUT2D eigenvalue weighted by Gasteiger charge is -2.50. The molecule has 3 N–H and O–H groups in total. The lowest BCUT2D eigenvalue weighted by atomic mass is 9.60. The third-order valence-electron chi connectivity index (χ3n) is 6.48. The van der Waals surface area contributed by atoms with Crippen LogP contribution in [0.4, 0.5) is 0 Å². The summed E-state index contributed by atoms with van der Waals surface area (Å²) in [6, 6.07) is 17.6. The average molecular weight is 402 g/mol. The van der Waals surface area contributed by atoms with Gasteiger partial charge in [0.2, 0.25) is 0 Å². The van der Waals surface area contributed by atoms with Crippen LogP contribution in [-0.4, -0.2) is 28.8 Å². The zero-order valence-corrected chi connectivity index (χ0v) is 16.9. The summed E-state index contributed by atoms with van der Waals surface area (Å²) >= 11 is 0. The van der Waals surface area contributed by atoms with Crippen LogP contribution in [0.3, 0.4) is 0 Å². The van der Waals surface area contributed by atoms with Gasteiger partial charge in [0.15, 0.2) is 0 Å². The van der Waals surface area contributed by atoms with Gasteiger partial charge in [-0.15, -0.1) is 0 Å². The highest BCUT2D eigenvalue weighted by Gasteiger charge is 2.45. The number of carbonyl (C=O) groups excluding carboxylic acids is 1. The van der Waals surface area contributed by atoms with Crippen LogP contribution in [0.25, 0.3) is 11.3 Å². The fraction of sp³-hybridized carbons (Fsp3) is 0.333. The number of nitrogens with two attached hydrogens (primary N) is 1. The molecule has 1 spiro atoms. The van der Waals surface area contributed by atoms with Gasteiger partial charge in [0.25, 0.3) is 5.91 Å². The number of nitrogens with one attached hydrogen (secondary N) is 1. The Morgan fingerprint density at radius 3 is 2.37 bits per heavy atom. The van der Waals surface area contributed by atoms with Gasteiger partial charge in [0.05, 0.1) is 11.6 Å². The van der Waals surface area contributed by atoms with Gasteiger partial charge in [0, 0.05) is 11.8 Å². The van der Waals surface area contributed by atoms with Gasteiger partial charge < -0.3 is 15.8 Å². The minimum Gasteiger partial charge on any atom is -0.457 e. The summed E-state index contributed by atoms with van der Waals surface area (Å²) in [6.45, 7) is 2.20. The summed E-state index contributed by atoms with van der Waals surface area (Å²) < 4.78 is 7.81. The third kappa shape index (κ3) is 3.59. The van der Waals surface area contributed by atoms with Gasteiger partial charge in [-0.3, -0.25) is 9.48 Å². The van der Waals surface area contributed by atoms with E-state index in [4.69, 9.17) is 15.6 Å². The van der Waals surface area contributed by atoms with E-state index in [1.54, 1.807) is 0 Å². The van der Waals surface area contributed by atoms with Crippen molar-refractivity contribution >= 4 is 5.91 Å². The van der Waals surface area contributed by atoms with Crippen LogP contribution in [0.1, 0.15) is 42.1 Å². The number of piperidine rings is 1. The first-order chi connectivity index (χ1) is 14.6. The molecule has 0 unspecified atom stereocenters. The summed E-state index contributed by atoms with van der Waals surface area (Å²) in [6.07, 6.45) is 6.52. The van der Waals surface area contributed by atoms with E-state index in [-0.39, 0.29) is 0 Å². The van der Waals surface area contributed by atoms with E-state index in [0.29, 0.717) is 22.7 Å². The van der Waals surface area contributed by atoms with E-state index in [9.17, 15) is 4.79 Å². The predicted molar refractivity (Wildman–Crippen MR) is 116 cm³/mol. The molecule has 1 saturated carbocycles. The third-order valence-corrected chi connectivity index (χ3v) is 6.48. The molecular weight excluding hydrogens is 376 g/mol. The van der Waals surface area contributed by atoms with E-state index < -0.39 is 5.91 Å². The number of ether oxygens (including phenoxy) is 1. The Balaban J connectivity index is 1.35. The molecule has 2 aromatic carbocycles. The number of benzene rings is 2. The fourth-order valence-corrected chi connectivity index (χ4v) is 4.77. The van der Waals surface area contributed by atoms with Crippen molar-refractivity contribution in [1.82, 2.24) is 15.1 Å². The molecule has 0 atom stereocenters. The normalized spacial score (nSPS) is 18.1. The van der Waals surface area contributed by atoms with Crippen molar-refractivity contribution in [1.29, 1.82) is 0 Å². The Labute approximate surface area is 176 Å². The standard InChI is InChI=1S/C24H26N4O2/c25-23(29)21-16-28(18-14-24(15-18)10-12-26-13-11-24)27-22(21)17-6-8-20(9-7-17)30-19-4-2-1-3-5-19/h1-9,16,18,26H,10-15H2,(H2,25,29). The van der Waals surface area contributed by atoms with Gasteiger partial charge in [-0.1, -0.05) is 18.2 Å². The minimum absolute atomic E-state index is 0.343. The highest BCUT2D eigenvalue weighted by Crippen LogP contribution is 2.53.